The Morgan fingerprint density at radius 3 is 1.92 bits per heavy atom. The van der Waals surface area contributed by atoms with Crippen molar-refractivity contribution in [1.82, 2.24) is 0 Å². The fourth-order valence-electron chi connectivity index (χ4n) is 12.6. The van der Waals surface area contributed by atoms with Gasteiger partial charge < -0.3 is 43.4 Å². The molecular weight excluding hydrogens is 672 g/mol. The number of allylic oxidation sites excluding steroid dienone is 1. The van der Waals surface area contributed by atoms with E-state index >= 15 is 0 Å². The number of aliphatic hydroxyl groups is 2. The van der Waals surface area contributed by atoms with Crippen LogP contribution in [0.2, 0.25) is 0 Å². The number of carbonyl (C=O) groups excluding carboxylic acids is 6. The standard InChI is InChI=1S/C36H44O15/c1-11-19-22(34(8)35(9,44)31(43)51-36(34)28(11)50-36)26(45-12(2)37)20-18-21(27(46-13(3)38)30(33(19,20)7)48-15(5)40)32(6)16(23(41)24(18)42)10-17-25(49-17)29(32)47-14(4)39/h11,16-17,19-22,25-30,42,44H,10H2,1-9H3/t11-,16+,17-,19-,20+,21+,22-,25-,26+,27-,28-,29-,30-,32-,33+,34-,35+,36+/m0/s1. The molecule has 0 aromatic carbocycles. The van der Waals surface area contributed by atoms with Gasteiger partial charge in [0.15, 0.2) is 11.4 Å². The Morgan fingerprint density at radius 2 is 1.33 bits per heavy atom. The molecule has 4 saturated carbocycles. The first kappa shape index (κ1) is 34.5. The van der Waals surface area contributed by atoms with Crippen LogP contribution >= 0.6 is 0 Å². The van der Waals surface area contributed by atoms with E-state index < -0.39 is 147 Å². The smallest absolute Gasteiger partial charge is 0.341 e. The number of fused-ring (bicyclic) bond motifs is 9. The Hall–Kier alpha value is -3.56. The molecule has 3 aliphatic heterocycles. The van der Waals surface area contributed by atoms with Gasteiger partial charge in [-0.1, -0.05) is 20.8 Å². The van der Waals surface area contributed by atoms with Crippen molar-refractivity contribution in [1.29, 1.82) is 0 Å². The van der Waals surface area contributed by atoms with Crippen LogP contribution in [0.1, 0.15) is 68.7 Å². The van der Waals surface area contributed by atoms with Crippen LogP contribution in [0.3, 0.4) is 0 Å². The van der Waals surface area contributed by atoms with Gasteiger partial charge in [-0.15, -0.1) is 0 Å². The first-order chi connectivity index (χ1) is 23.6. The number of hydrogen-bond donors (Lipinski definition) is 2. The third-order valence-electron chi connectivity index (χ3n) is 14.5. The number of Topliss-reactive ketones (excluding diaryl/α,β-unsaturated/α-hetero) is 1. The molecule has 0 unspecified atom stereocenters. The lowest BCUT2D eigenvalue weighted by molar-refractivity contribution is -0.226. The van der Waals surface area contributed by atoms with E-state index in [1.165, 1.54) is 34.6 Å². The molecule has 8 rings (SSSR count). The number of hydrogen-bond acceptors (Lipinski definition) is 15. The zero-order valence-corrected chi connectivity index (χ0v) is 29.9. The zero-order valence-electron chi connectivity index (χ0n) is 29.9. The molecule has 7 fully saturated rings. The van der Waals surface area contributed by atoms with E-state index in [4.69, 9.17) is 33.2 Å². The van der Waals surface area contributed by atoms with Gasteiger partial charge in [-0.2, -0.15) is 0 Å². The van der Waals surface area contributed by atoms with Gasteiger partial charge in [-0.05, 0) is 37.7 Å². The number of epoxide rings is 2. The lowest BCUT2D eigenvalue weighted by Crippen LogP contribution is -2.69. The number of ether oxygens (including phenoxy) is 7. The summed E-state index contributed by atoms with van der Waals surface area (Å²) in [4.78, 5) is 80.0. The minimum absolute atomic E-state index is 0.0946. The van der Waals surface area contributed by atoms with E-state index in [0.717, 1.165) is 0 Å². The summed E-state index contributed by atoms with van der Waals surface area (Å²) in [6, 6.07) is 0. The van der Waals surface area contributed by atoms with Crippen LogP contribution in [-0.4, -0.2) is 100.0 Å². The Morgan fingerprint density at radius 1 is 0.784 bits per heavy atom. The molecule has 8 aliphatic rings. The Balaban J connectivity index is 1.44. The zero-order chi connectivity index (χ0) is 37.3. The molecule has 18 atom stereocenters. The van der Waals surface area contributed by atoms with Crippen LogP contribution in [0.25, 0.3) is 0 Å². The average Bonchev–Trinajstić information content (AvgIpc) is 3.92. The maximum Gasteiger partial charge on any atom is 0.341 e. The highest BCUT2D eigenvalue weighted by Crippen LogP contribution is 2.81. The maximum atomic E-state index is 14.5. The molecule has 15 heteroatoms. The molecule has 5 aliphatic carbocycles. The number of aliphatic hydroxyl groups excluding tert-OH is 1. The number of rotatable bonds is 4. The Labute approximate surface area is 293 Å². The summed E-state index contributed by atoms with van der Waals surface area (Å²) >= 11 is 0. The van der Waals surface area contributed by atoms with Gasteiger partial charge in [0.05, 0.1) is 11.5 Å². The molecule has 51 heavy (non-hydrogen) atoms. The van der Waals surface area contributed by atoms with Crippen molar-refractivity contribution < 1.29 is 72.1 Å². The molecule has 3 heterocycles. The van der Waals surface area contributed by atoms with Gasteiger partial charge in [0.25, 0.3) is 0 Å². The maximum absolute atomic E-state index is 14.5. The fourth-order valence-corrected chi connectivity index (χ4v) is 12.6. The minimum atomic E-state index is -2.17. The third-order valence-corrected chi connectivity index (χ3v) is 14.5. The number of ketones is 1. The van der Waals surface area contributed by atoms with Gasteiger partial charge in [0.2, 0.25) is 11.6 Å². The van der Waals surface area contributed by atoms with E-state index in [1.807, 2.05) is 6.92 Å². The van der Waals surface area contributed by atoms with E-state index in [9.17, 15) is 39.0 Å². The van der Waals surface area contributed by atoms with Crippen LogP contribution in [0, 0.1) is 51.8 Å². The van der Waals surface area contributed by atoms with Crippen molar-refractivity contribution in [3.63, 3.8) is 0 Å². The van der Waals surface area contributed by atoms with Gasteiger partial charge in [-0.25, -0.2) is 4.79 Å². The van der Waals surface area contributed by atoms with E-state index in [-0.39, 0.29) is 12.0 Å². The molecule has 278 valence electrons. The van der Waals surface area contributed by atoms with E-state index in [0.29, 0.717) is 0 Å². The monoisotopic (exact) mass is 716 g/mol. The summed E-state index contributed by atoms with van der Waals surface area (Å²) in [6.07, 6.45) is -6.55. The number of carbonyl (C=O) groups is 6. The summed E-state index contributed by atoms with van der Waals surface area (Å²) in [5.74, 6) is -12.0. The molecule has 0 radical (unpaired) electrons. The first-order valence-corrected chi connectivity index (χ1v) is 17.6. The predicted molar refractivity (Wildman–Crippen MR) is 165 cm³/mol. The molecule has 3 saturated heterocycles. The summed E-state index contributed by atoms with van der Waals surface area (Å²) in [6.45, 7) is 13.1. The van der Waals surface area contributed by atoms with Crippen molar-refractivity contribution >= 4 is 35.6 Å². The molecule has 15 nitrogen and oxygen atoms in total. The van der Waals surface area contributed by atoms with Crippen LogP contribution in [0.15, 0.2) is 11.3 Å². The SMILES string of the molecule is CC(=O)O[C@H]1[C@@H]2[C@H]([C@H](C)[C@@H]3O[C@@]34OC(=O)[C@@](C)(O)[C@]24C)[C@]2(C)[C@@H]1C1=C(O)C(=O)[C@H]3C[C@@H]4O[C@@H]4[C@H](OC(C)=O)[C@]3(C)[C@H]1[C@H](OC(C)=O)[C@@H]2OC(C)=O. The second-order valence-corrected chi connectivity index (χ2v) is 16.8. The largest absolute Gasteiger partial charge is 0.504 e. The second-order valence-electron chi connectivity index (χ2n) is 16.8. The molecular formula is C36H44O15. The van der Waals surface area contributed by atoms with Crippen molar-refractivity contribution in [3.05, 3.63) is 11.3 Å². The highest BCUT2D eigenvalue weighted by Gasteiger charge is 2.93. The van der Waals surface area contributed by atoms with Gasteiger partial charge in [0.1, 0.15) is 36.6 Å². The highest BCUT2D eigenvalue weighted by atomic mass is 16.8. The van der Waals surface area contributed by atoms with Crippen molar-refractivity contribution in [3.8, 4) is 0 Å². The summed E-state index contributed by atoms with van der Waals surface area (Å²) in [5, 5.41) is 24.3. The highest BCUT2D eigenvalue weighted by molar-refractivity contribution is 5.98. The van der Waals surface area contributed by atoms with Gasteiger partial charge >= 0.3 is 29.8 Å². The van der Waals surface area contributed by atoms with Gasteiger partial charge in [-0.3, -0.25) is 24.0 Å². The molecule has 0 aromatic heterocycles. The second kappa shape index (κ2) is 10.1. The van der Waals surface area contributed by atoms with Crippen LogP contribution in [0.4, 0.5) is 0 Å². The topological polar surface area (TPSA) is 214 Å². The van der Waals surface area contributed by atoms with Crippen LogP contribution < -0.4 is 0 Å². The molecule has 0 amide bonds. The molecule has 0 aromatic rings. The van der Waals surface area contributed by atoms with Crippen molar-refractivity contribution in [2.45, 2.75) is 123 Å². The lowest BCUT2D eigenvalue weighted by Gasteiger charge is -2.61. The normalized spacial score (nSPS) is 53.8. The number of esters is 5. The summed E-state index contributed by atoms with van der Waals surface area (Å²) in [5.41, 5.74) is -6.45. The average molecular weight is 717 g/mol. The van der Waals surface area contributed by atoms with Crippen molar-refractivity contribution in [2.75, 3.05) is 0 Å². The summed E-state index contributed by atoms with van der Waals surface area (Å²) < 4.78 is 42.6. The Bertz CT molecular complexity index is 1730. The fraction of sp³-hybridized carbons (Fsp3) is 0.778. The van der Waals surface area contributed by atoms with E-state index in [2.05, 4.69) is 0 Å². The predicted octanol–water partition coefficient (Wildman–Crippen LogP) is 1.46. The molecule has 2 N–H and O–H groups in total. The van der Waals surface area contributed by atoms with E-state index in [1.54, 1.807) is 20.8 Å². The lowest BCUT2D eigenvalue weighted by atomic mass is 9.44. The van der Waals surface area contributed by atoms with Gasteiger partial charge in [0, 0.05) is 62.2 Å². The summed E-state index contributed by atoms with van der Waals surface area (Å²) in [7, 11) is 0. The van der Waals surface area contributed by atoms with Crippen molar-refractivity contribution in [2.24, 2.45) is 51.8 Å². The third kappa shape index (κ3) is 3.85. The molecule has 1 spiro atoms. The molecule has 0 bridgehead atoms. The minimum Gasteiger partial charge on any atom is -0.504 e. The first-order valence-electron chi connectivity index (χ1n) is 17.6. The Kier molecular flexibility index (Phi) is 6.84. The quantitative estimate of drug-likeness (QED) is 0.239. The van der Waals surface area contributed by atoms with Crippen LogP contribution in [0.5, 0.6) is 0 Å². The van der Waals surface area contributed by atoms with Crippen LogP contribution in [-0.2, 0) is 61.9 Å².